The van der Waals surface area contributed by atoms with Crippen LogP contribution in [0.2, 0.25) is 0 Å². The molecule has 0 aliphatic carbocycles. The van der Waals surface area contributed by atoms with Crippen LogP contribution in [0.4, 0.5) is 4.79 Å². The van der Waals surface area contributed by atoms with Crippen LogP contribution in [-0.4, -0.2) is 49.6 Å². The number of benzene rings is 1. The third-order valence-corrected chi connectivity index (χ3v) is 3.67. The van der Waals surface area contributed by atoms with Gasteiger partial charge >= 0.3 is 12.0 Å². The maximum Gasteiger partial charge on any atom is 0.321 e. The fourth-order valence-electron chi connectivity index (χ4n) is 2.30. The lowest BCUT2D eigenvalue weighted by atomic mass is 10.1. The Morgan fingerprint density at radius 2 is 1.81 bits per heavy atom. The van der Waals surface area contributed by atoms with Gasteiger partial charge in [0.2, 0.25) is 0 Å². The molecule has 2 N–H and O–H groups in total. The summed E-state index contributed by atoms with van der Waals surface area (Å²) in [5.74, 6) is -0.648. The molecule has 146 valence electrons. The summed E-state index contributed by atoms with van der Waals surface area (Å²) < 4.78 is 15.8. The van der Waals surface area contributed by atoms with E-state index in [1.807, 2.05) is 5.32 Å². The molecule has 0 spiro atoms. The SMILES string of the molecule is CCNC(=O)NC(=O)C(C)OC(=O)CCC(=O)c1ccc2c(c1)OCCO2. The number of carbonyl (C=O) groups excluding carboxylic acids is 4. The summed E-state index contributed by atoms with van der Waals surface area (Å²) in [4.78, 5) is 47.1. The number of ketones is 1. The first-order valence-corrected chi connectivity index (χ1v) is 8.61. The van der Waals surface area contributed by atoms with Gasteiger partial charge in [-0.3, -0.25) is 19.7 Å². The van der Waals surface area contributed by atoms with E-state index in [9.17, 15) is 19.2 Å². The van der Waals surface area contributed by atoms with Crippen molar-refractivity contribution in [1.82, 2.24) is 10.6 Å². The third kappa shape index (κ3) is 5.98. The molecule has 0 saturated carbocycles. The number of urea groups is 1. The van der Waals surface area contributed by atoms with Crippen LogP contribution in [0.15, 0.2) is 18.2 Å². The van der Waals surface area contributed by atoms with Crippen molar-refractivity contribution < 1.29 is 33.4 Å². The first kappa shape index (κ1) is 20.2. The Morgan fingerprint density at radius 3 is 2.52 bits per heavy atom. The van der Waals surface area contributed by atoms with Crippen LogP contribution in [-0.2, 0) is 14.3 Å². The minimum absolute atomic E-state index is 0.0802. The maximum absolute atomic E-state index is 12.2. The Hall–Kier alpha value is -3.10. The smallest absolute Gasteiger partial charge is 0.321 e. The number of ether oxygens (including phenoxy) is 3. The Labute approximate surface area is 156 Å². The number of Topliss-reactive ketones (excluding diaryl/α,β-unsaturated/α-hetero) is 1. The predicted molar refractivity (Wildman–Crippen MR) is 93.8 cm³/mol. The van der Waals surface area contributed by atoms with Crippen molar-refractivity contribution in [3.63, 3.8) is 0 Å². The highest BCUT2D eigenvalue weighted by Gasteiger charge is 2.21. The molecule has 9 nitrogen and oxygen atoms in total. The van der Waals surface area contributed by atoms with E-state index in [2.05, 4.69) is 5.32 Å². The molecular formula is C18H22N2O7. The topological polar surface area (TPSA) is 120 Å². The Bertz CT molecular complexity index is 732. The Morgan fingerprint density at radius 1 is 1.11 bits per heavy atom. The van der Waals surface area contributed by atoms with Crippen molar-refractivity contribution in [3.05, 3.63) is 23.8 Å². The highest BCUT2D eigenvalue weighted by atomic mass is 16.6. The number of nitrogens with one attached hydrogen (secondary N) is 2. The number of rotatable bonds is 7. The van der Waals surface area contributed by atoms with Gasteiger partial charge in [0, 0.05) is 18.5 Å². The molecule has 1 atom stereocenters. The second kappa shape index (κ2) is 9.56. The van der Waals surface area contributed by atoms with Gasteiger partial charge in [-0.15, -0.1) is 0 Å². The molecule has 3 amide bonds. The predicted octanol–water partition coefficient (Wildman–Crippen LogP) is 1.20. The van der Waals surface area contributed by atoms with Gasteiger partial charge in [0.25, 0.3) is 5.91 Å². The van der Waals surface area contributed by atoms with E-state index >= 15 is 0 Å². The van der Waals surface area contributed by atoms with Gasteiger partial charge in [-0.25, -0.2) is 4.79 Å². The summed E-state index contributed by atoms with van der Waals surface area (Å²) in [5.41, 5.74) is 0.397. The molecule has 27 heavy (non-hydrogen) atoms. The molecule has 2 rings (SSSR count). The summed E-state index contributed by atoms with van der Waals surface area (Å²) >= 11 is 0. The van der Waals surface area contributed by atoms with Crippen LogP contribution >= 0.6 is 0 Å². The van der Waals surface area contributed by atoms with Crippen LogP contribution in [0.25, 0.3) is 0 Å². The second-order valence-electron chi connectivity index (χ2n) is 5.76. The van der Waals surface area contributed by atoms with Crippen LogP contribution in [0.5, 0.6) is 11.5 Å². The monoisotopic (exact) mass is 378 g/mol. The van der Waals surface area contributed by atoms with Gasteiger partial charge in [-0.1, -0.05) is 0 Å². The molecule has 0 aromatic heterocycles. The Balaban J connectivity index is 1.80. The molecule has 1 aromatic rings. The van der Waals surface area contributed by atoms with Gasteiger partial charge in [0.1, 0.15) is 13.2 Å². The molecule has 1 aliphatic heterocycles. The van der Waals surface area contributed by atoms with Crippen molar-refractivity contribution in [3.8, 4) is 11.5 Å². The quantitative estimate of drug-likeness (QED) is 0.540. The van der Waals surface area contributed by atoms with Crippen LogP contribution in [0.1, 0.15) is 37.0 Å². The minimum Gasteiger partial charge on any atom is -0.486 e. The first-order valence-electron chi connectivity index (χ1n) is 8.61. The van der Waals surface area contributed by atoms with E-state index < -0.39 is 24.0 Å². The van der Waals surface area contributed by atoms with Gasteiger partial charge in [-0.05, 0) is 32.0 Å². The van der Waals surface area contributed by atoms with Crippen molar-refractivity contribution in [1.29, 1.82) is 0 Å². The van der Waals surface area contributed by atoms with Gasteiger partial charge in [0.05, 0.1) is 6.42 Å². The van der Waals surface area contributed by atoms with E-state index in [4.69, 9.17) is 14.2 Å². The minimum atomic E-state index is -1.15. The molecule has 0 saturated heterocycles. The molecule has 9 heteroatoms. The van der Waals surface area contributed by atoms with E-state index in [-0.39, 0.29) is 18.6 Å². The maximum atomic E-state index is 12.2. The summed E-state index contributed by atoms with van der Waals surface area (Å²) in [6.45, 7) is 4.27. The summed E-state index contributed by atoms with van der Waals surface area (Å²) in [6.07, 6.45) is -1.42. The fourth-order valence-corrected chi connectivity index (χ4v) is 2.30. The zero-order valence-electron chi connectivity index (χ0n) is 15.2. The molecule has 1 aromatic carbocycles. The molecule has 1 aliphatic rings. The lowest BCUT2D eigenvalue weighted by Gasteiger charge is -2.18. The first-order chi connectivity index (χ1) is 12.9. The zero-order valence-corrected chi connectivity index (χ0v) is 15.2. The standard InChI is InChI=1S/C18H22N2O7/c1-3-19-18(24)20-17(23)11(2)27-16(22)7-5-13(21)12-4-6-14-15(10-12)26-9-8-25-14/h4,6,10-11H,3,5,7-9H2,1-2H3,(H2,19,20,23,24). The van der Waals surface area contributed by atoms with Gasteiger partial charge < -0.3 is 19.5 Å². The summed E-state index contributed by atoms with van der Waals surface area (Å²) in [6, 6.07) is 4.15. The Kier molecular flexibility index (Phi) is 7.16. The molecule has 1 heterocycles. The molecule has 0 radical (unpaired) electrons. The summed E-state index contributed by atoms with van der Waals surface area (Å²) in [7, 11) is 0. The van der Waals surface area contributed by atoms with Crippen LogP contribution in [0, 0.1) is 0 Å². The van der Waals surface area contributed by atoms with Crippen LogP contribution in [0.3, 0.4) is 0 Å². The number of hydrogen-bond donors (Lipinski definition) is 2. The van der Waals surface area contributed by atoms with Crippen molar-refractivity contribution in [2.45, 2.75) is 32.8 Å². The van der Waals surface area contributed by atoms with E-state index in [0.717, 1.165) is 0 Å². The van der Waals surface area contributed by atoms with E-state index in [0.29, 0.717) is 36.8 Å². The lowest BCUT2D eigenvalue weighted by Crippen LogP contribution is -2.44. The normalized spacial score (nSPS) is 13.3. The molecule has 0 bridgehead atoms. The number of carbonyl (C=O) groups is 4. The number of esters is 1. The molecule has 1 unspecified atom stereocenters. The van der Waals surface area contributed by atoms with Crippen molar-refractivity contribution in [2.24, 2.45) is 0 Å². The van der Waals surface area contributed by atoms with E-state index in [1.165, 1.54) is 6.92 Å². The number of imide groups is 1. The summed E-state index contributed by atoms with van der Waals surface area (Å²) in [5, 5.41) is 4.44. The largest absolute Gasteiger partial charge is 0.486 e. The fraction of sp³-hybridized carbons (Fsp3) is 0.444. The number of amides is 3. The highest BCUT2D eigenvalue weighted by molar-refractivity contribution is 5.99. The van der Waals surface area contributed by atoms with Gasteiger partial charge in [0.15, 0.2) is 23.4 Å². The number of fused-ring (bicyclic) bond motifs is 1. The lowest BCUT2D eigenvalue weighted by molar-refractivity contribution is -0.154. The molecule has 0 fully saturated rings. The van der Waals surface area contributed by atoms with Gasteiger partial charge in [-0.2, -0.15) is 0 Å². The third-order valence-electron chi connectivity index (χ3n) is 3.67. The highest BCUT2D eigenvalue weighted by Crippen LogP contribution is 2.31. The van der Waals surface area contributed by atoms with E-state index in [1.54, 1.807) is 25.1 Å². The van der Waals surface area contributed by atoms with Crippen LogP contribution < -0.4 is 20.1 Å². The van der Waals surface area contributed by atoms with Crippen molar-refractivity contribution >= 4 is 23.7 Å². The van der Waals surface area contributed by atoms with Crippen molar-refractivity contribution in [2.75, 3.05) is 19.8 Å². The average Bonchev–Trinajstić information content (AvgIpc) is 2.65. The number of hydrogen-bond acceptors (Lipinski definition) is 7. The molecular weight excluding hydrogens is 356 g/mol. The second-order valence-corrected chi connectivity index (χ2v) is 5.76. The zero-order chi connectivity index (χ0) is 19.8. The average molecular weight is 378 g/mol.